The third-order valence-corrected chi connectivity index (χ3v) is 2.07. The molecule has 11 heavy (non-hydrogen) atoms. The molecule has 0 amide bonds. The molecule has 0 aromatic carbocycles. The van der Waals surface area contributed by atoms with Gasteiger partial charge in [-0.15, -0.1) is 0 Å². The summed E-state index contributed by atoms with van der Waals surface area (Å²) in [6.45, 7) is 0. The monoisotopic (exact) mass is 169 g/mol. The van der Waals surface area contributed by atoms with Crippen LogP contribution in [0, 0.1) is 5.82 Å². The average molecular weight is 170 g/mol. The first-order valence-electron chi connectivity index (χ1n) is 3.28. The van der Waals surface area contributed by atoms with Gasteiger partial charge in [0, 0.05) is 12.0 Å². The van der Waals surface area contributed by atoms with Crippen molar-refractivity contribution >= 4 is 17.7 Å². The van der Waals surface area contributed by atoms with Gasteiger partial charge in [0.15, 0.2) is 5.82 Å². The molecule has 0 saturated heterocycles. The average Bonchev–Trinajstić information content (AvgIpc) is 2.45. The minimum Gasteiger partial charge on any atom is -0.257 e. The number of hydrogen-bond donors (Lipinski definition) is 0. The van der Waals surface area contributed by atoms with Crippen LogP contribution in [0.15, 0.2) is 12.3 Å². The van der Waals surface area contributed by atoms with Crippen LogP contribution < -0.4 is 0 Å². The number of nitrogens with zero attached hydrogens (tertiary/aromatic N) is 1. The number of halogens is 2. The molecule has 0 N–H and O–H groups in total. The Kier molecular flexibility index (Phi) is 1.43. The third kappa shape index (κ3) is 0.942. The summed E-state index contributed by atoms with van der Waals surface area (Å²) in [5.74, 6) is -0.447. The highest BCUT2D eigenvalue weighted by Gasteiger charge is 2.13. The summed E-state index contributed by atoms with van der Waals surface area (Å²) in [4.78, 5) is 3.90. The highest BCUT2D eigenvalue weighted by molar-refractivity contribution is 6.32. The van der Waals surface area contributed by atoms with E-state index in [9.17, 15) is 4.39 Å². The topological polar surface area (TPSA) is 12.9 Å². The number of pyridine rings is 1. The minimum atomic E-state index is -0.447. The molecule has 0 fully saturated rings. The summed E-state index contributed by atoms with van der Waals surface area (Å²) in [6.07, 6.45) is 5.64. The molecule has 0 aliphatic heterocycles. The van der Waals surface area contributed by atoms with Gasteiger partial charge in [-0.1, -0.05) is 23.8 Å². The Morgan fingerprint density at radius 1 is 1.55 bits per heavy atom. The molecule has 3 heteroatoms. The van der Waals surface area contributed by atoms with E-state index < -0.39 is 5.82 Å². The first kappa shape index (κ1) is 6.80. The van der Waals surface area contributed by atoms with E-state index in [0.29, 0.717) is 0 Å². The van der Waals surface area contributed by atoms with Gasteiger partial charge in [-0.2, -0.15) is 0 Å². The molecule has 1 aromatic heterocycles. The molecule has 1 aromatic rings. The van der Waals surface area contributed by atoms with E-state index >= 15 is 0 Å². The van der Waals surface area contributed by atoms with Crippen LogP contribution in [0.25, 0.3) is 6.08 Å². The smallest absolute Gasteiger partial charge is 0.160 e. The van der Waals surface area contributed by atoms with Crippen LogP contribution in [0.3, 0.4) is 0 Å². The van der Waals surface area contributed by atoms with Crippen LogP contribution in [-0.2, 0) is 6.42 Å². The van der Waals surface area contributed by atoms with Crippen molar-refractivity contribution in [3.8, 4) is 0 Å². The lowest BCUT2D eigenvalue weighted by atomic mass is 10.2. The molecular weight excluding hydrogens is 165 g/mol. The van der Waals surface area contributed by atoms with Crippen molar-refractivity contribution in [3.05, 3.63) is 34.4 Å². The van der Waals surface area contributed by atoms with Crippen LogP contribution in [0.2, 0.25) is 5.02 Å². The van der Waals surface area contributed by atoms with Crippen LogP contribution in [0.4, 0.5) is 4.39 Å². The fourth-order valence-electron chi connectivity index (χ4n) is 1.14. The second-order valence-electron chi connectivity index (χ2n) is 2.39. The highest BCUT2D eigenvalue weighted by atomic mass is 35.5. The van der Waals surface area contributed by atoms with Gasteiger partial charge in [-0.05, 0) is 0 Å². The van der Waals surface area contributed by atoms with E-state index in [4.69, 9.17) is 11.6 Å². The Hall–Kier alpha value is -0.890. The minimum absolute atomic E-state index is 0.184. The summed E-state index contributed by atoms with van der Waals surface area (Å²) >= 11 is 5.67. The largest absolute Gasteiger partial charge is 0.257 e. The van der Waals surface area contributed by atoms with Crippen LogP contribution in [-0.4, -0.2) is 4.98 Å². The van der Waals surface area contributed by atoms with E-state index in [1.807, 2.05) is 6.08 Å². The van der Waals surface area contributed by atoms with Gasteiger partial charge in [0.1, 0.15) is 0 Å². The van der Waals surface area contributed by atoms with Crippen LogP contribution in [0.1, 0.15) is 11.3 Å². The Morgan fingerprint density at radius 2 is 2.36 bits per heavy atom. The van der Waals surface area contributed by atoms with Gasteiger partial charge in [0.25, 0.3) is 0 Å². The molecule has 0 spiro atoms. The van der Waals surface area contributed by atoms with Gasteiger partial charge < -0.3 is 0 Å². The zero-order valence-corrected chi connectivity index (χ0v) is 6.40. The molecule has 0 radical (unpaired) electrons. The fraction of sp³-hybridized carbons (Fsp3) is 0.125. The van der Waals surface area contributed by atoms with Gasteiger partial charge in [0.05, 0.1) is 16.9 Å². The molecule has 1 nitrogen and oxygen atoms in total. The first-order chi connectivity index (χ1) is 5.29. The molecule has 0 unspecified atom stereocenters. The summed E-state index contributed by atoms with van der Waals surface area (Å²) in [6, 6.07) is 0. The van der Waals surface area contributed by atoms with Crippen molar-refractivity contribution in [1.29, 1.82) is 0 Å². The van der Waals surface area contributed by atoms with Crippen molar-refractivity contribution in [2.24, 2.45) is 0 Å². The SMILES string of the molecule is Fc1cnc2c(c1Cl)C=CC2. The van der Waals surface area contributed by atoms with Crippen LogP contribution in [0.5, 0.6) is 0 Å². The Balaban J connectivity index is 2.70. The van der Waals surface area contributed by atoms with Crippen LogP contribution >= 0.6 is 11.6 Å². The van der Waals surface area contributed by atoms with Crippen molar-refractivity contribution in [1.82, 2.24) is 4.98 Å². The maximum Gasteiger partial charge on any atom is 0.160 e. The molecule has 0 bridgehead atoms. The van der Waals surface area contributed by atoms with E-state index in [1.165, 1.54) is 0 Å². The number of allylic oxidation sites excluding steroid dienone is 1. The maximum atomic E-state index is 12.7. The summed E-state index contributed by atoms with van der Waals surface area (Å²) < 4.78 is 12.7. The predicted molar refractivity (Wildman–Crippen MR) is 41.9 cm³/mol. The van der Waals surface area contributed by atoms with E-state index in [0.717, 1.165) is 23.9 Å². The molecule has 0 atom stereocenters. The van der Waals surface area contributed by atoms with Crippen molar-refractivity contribution < 1.29 is 4.39 Å². The van der Waals surface area contributed by atoms with Crippen molar-refractivity contribution in [2.75, 3.05) is 0 Å². The summed E-state index contributed by atoms with van der Waals surface area (Å²) in [5.41, 5.74) is 1.59. The van der Waals surface area contributed by atoms with Gasteiger partial charge in [-0.25, -0.2) is 4.39 Å². The Morgan fingerprint density at radius 3 is 3.18 bits per heavy atom. The highest BCUT2D eigenvalue weighted by Crippen LogP contribution is 2.27. The standard InChI is InChI=1S/C8H5ClFN/c9-8-5-2-1-3-7(5)11-4-6(8)10/h1-2,4H,3H2. The van der Waals surface area contributed by atoms with Crippen molar-refractivity contribution in [3.63, 3.8) is 0 Å². The molecule has 2 rings (SSSR count). The lowest BCUT2D eigenvalue weighted by Crippen LogP contribution is -1.91. The van der Waals surface area contributed by atoms with Gasteiger partial charge in [-0.3, -0.25) is 4.98 Å². The molecule has 56 valence electrons. The Bertz CT molecular complexity index is 333. The Labute approximate surface area is 68.5 Å². The van der Waals surface area contributed by atoms with Crippen molar-refractivity contribution in [2.45, 2.75) is 6.42 Å². The summed E-state index contributed by atoms with van der Waals surface area (Å²) in [5, 5.41) is 0.184. The zero-order valence-electron chi connectivity index (χ0n) is 5.64. The third-order valence-electron chi connectivity index (χ3n) is 1.69. The van der Waals surface area contributed by atoms with Gasteiger partial charge in [0.2, 0.25) is 0 Å². The first-order valence-corrected chi connectivity index (χ1v) is 3.66. The van der Waals surface area contributed by atoms with E-state index in [2.05, 4.69) is 4.98 Å². The molecular formula is C8H5ClFN. The molecule has 1 aliphatic rings. The lowest BCUT2D eigenvalue weighted by molar-refractivity contribution is 0.620. The number of rotatable bonds is 0. The predicted octanol–water partition coefficient (Wildman–Crippen LogP) is 2.44. The van der Waals surface area contributed by atoms with E-state index in [-0.39, 0.29) is 5.02 Å². The lowest BCUT2D eigenvalue weighted by Gasteiger charge is -1.99. The quantitative estimate of drug-likeness (QED) is 0.582. The van der Waals surface area contributed by atoms with Gasteiger partial charge >= 0.3 is 0 Å². The number of fused-ring (bicyclic) bond motifs is 1. The van der Waals surface area contributed by atoms with E-state index in [1.54, 1.807) is 6.08 Å². The maximum absolute atomic E-state index is 12.7. The fourth-order valence-corrected chi connectivity index (χ4v) is 1.36. The normalized spacial score (nSPS) is 13.6. The molecule has 1 heterocycles. The molecule has 1 aliphatic carbocycles. The summed E-state index contributed by atoms with van der Waals surface area (Å²) in [7, 11) is 0. The second-order valence-corrected chi connectivity index (χ2v) is 2.76. The number of aromatic nitrogens is 1. The number of hydrogen-bond acceptors (Lipinski definition) is 1. The zero-order chi connectivity index (χ0) is 7.84. The second kappa shape index (κ2) is 2.31. The molecule has 0 saturated carbocycles.